The Labute approximate surface area is 426 Å². The molecule has 0 aromatic heterocycles. The molecule has 6 aliphatic rings. The number of nitrogens with zero attached hydrogens (tertiary/aromatic N) is 5. The zero-order valence-electron chi connectivity index (χ0n) is 43.9. The third-order valence-electron chi connectivity index (χ3n) is 19.0. The average molecular weight is 1030 g/mol. The maximum absolute atomic E-state index is 14.7. The molecular formula is C51H78N6O16. The number of esters is 2. The molecule has 0 unspecified atom stereocenters. The van der Waals surface area contributed by atoms with Crippen LogP contribution in [0.1, 0.15) is 133 Å². The third-order valence-corrected chi connectivity index (χ3v) is 19.0. The number of allylic oxidation sites excluding steroid dienone is 2. The van der Waals surface area contributed by atoms with E-state index in [0.29, 0.717) is 25.3 Å². The summed E-state index contributed by atoms with van der Waals surface area (Å²) in [4.78, 5) is 56.9. The van der Waals surface area contributed by atoms with Crippen LogP contribution in [-0.4, -0.2) is 127 Å². The summed E-state index contributed by atoms with van der Waals surface area (Å²) in [5, 5.41) is 94.8. The number of aliphatic hydroxyl groups excluding tert-OH is 5. The second kappa shape index (κ2) is 20.4. The summed E-state index contributed by atoms with van der Waals surface area (Å²) in [7, 11) is 1.29. The molecule has 1 aliphatic heterocycles. The summed E-state index contributed by atoms with van der Waals surface area (Å²) in [6.07, 6.45) is 1.50. The van der Waals surface area contributed by atoms with Gasteiger partial charge in [-0.2, -0.15) is 0 Å². The highest BCUT2D eigenvalue weighted by molar-refractivity contribution is 5.82. The average Bonchev–Trinajstić information content (AvgIpc) is 3.31. The maximum atomic E-state index is 14.7. The number of nitro groups is 2. The van der Waals surface area contributed by atoms with Crippen molar-refractivity contribution in [1.29, 1.82) is 0 Å². The maximum Gasteiger partial charge on any atom is 0.328 e. The number of likely N-dealkylation sites (N-methyl/N-ethyl adjacent to an activating group) is 1. The molecule has 22 nitrogen and oxygen atoms in total. The van der Waals surface area contributed by atoms with Crippen molar-refractivity contribution >= 4 is 29.0 Å². The van der Waals surface area contributed by atoms with Gasteiger partial charge in [0.2, 0.25) is 17.3 Å². The zero-order chi connectivity index (χ0) is 54.0. The molecule has 0 radical (unpaired) electrons. The summed E-state index contributed by atoms with van der Waals surface area (Å²) in [5.41, 5.74) is -2.74. The first kappa shape index (κ1) is 56.0. The van der Waals surface area contributed by atoms with Crippen molar-refractivity contribution in [2.75, 3.05) is 32.1 Å². The molecule has 1 saturated heterocycles. The van der Waals surface area contributed by atoms with Crippen molar-refractivity contribution in [2.24, 2.45) is 61.4 Å². The fourth-order valence-corrected chi connectivity index (χ4v) is 14.7. The van der Waals surface area contributed by atoms with Gasteiger partial charge in [0.05, 0.1) is 47.0 Å². The van der Waals surface area contributed by atoms with Crippen LogP contribution >= 0.6 is 0 Å². The number of aliphatic hydroxyl groups is 5. The van der Waals surface area contributed by atoms with Crippen LogP contribution in [0.5, 0.6) is 5.75 Å². The smallest absolute Gasteiger partial charge is 0.328 e. The molecule has 22 heteroatoms. The Morgan fingerprint density at radius 3 is 2.18 bits per heavy atom. The van der Waals surface area contributed by atoms with Crippen LogP contribution in [0.4, 0.5) is 17.1 Å². The van der Waals surface area contributed by atoms with E-state index in [1.54, 1.807) is 0 Å². The summed E-state index contributed by atoms with van der Waals surface area (Å²) >= 11 is 0. The highest BCUT2D eigenvalue weighted by atomic mass is 16.7. The topological polar surface area (TPSA) is 312 Å². The number of hydrogen-bond acceptors (Lipinski definition) is 18. The van der Waals surface area contributed by atoms with Crippen LogP contribution < -0.4 is 10.2 Å². The Morgan fingerprint density at radius 1 is 0.877 bits per heavy atom. The second-order valence-corrected chi connectivity index (χ2v) is 24.5. The van der Waals surface area contributed by atoms with Gasteiger partial charge in [-0.05, 0) is 116 Å². The number of carbonyl (C=O) groups excluding carboxylic acids is 2. The lowest BCUT2D eigenvalue weighted by Gasteiger charge is -2.71. The highest BCUT2D eigenvalue weighted by Gasteiger charge is 2.70. The number of rotatable bonds is 16. The van der Waals surface area contributed by atoms with Crippen molar-refractivity contribution < 1.29 is 69.0 Å². The number of nitrogens with one attached hydrogen (secondary N) is 1. The van der Waals surface area contributed by atoms with Crippen LogP contribution in [0.2, 0.25) is 0 Å². The van der Waals surface area contributed by atoms with Crippen molar-refractivity contribution in [3.8, 4) is 5.75 Å². The lowest BCUT2D eigenvalue weighted by atomic mass is 9.33. The van der Waals surface area contributed by atoms with Crippen LogP contribution in [0, 0.1) is 81.6 Å². The monoisotopic (exact) mass is 1030 g/mol. The number of hydrogen-bond donors (Lipinski definition) is 6. The summed E-state index contributed by atoms with van der Waals surface area (Å²) in [5.74, 6) is -1.66. The van der Waals surface area contributed by atoms with E-state index in [0.717, 1.165) is 56.0 Å². The fraction of sp³-hybridized carbons (Fsp3) is 0.804. The first-order valence-corrected chi connectivity index (χ1v) is 25.8. The SMILES string of the molecule is CC(C)C[C@H](Nc1cc(O/N=[N+](\[O-])N(C)CCO)c([N+](=O)[O-])cc1[N+](=O)[O-])C(=O)O[C@H]1CC[C@]2(C)[C@H]3CC=C4[C@@H]5CC(C)(C)CC[C@]5(C(=O)O[C@@H]5O[C@H](CO)[C@H](O)[C@H](O)[C@H]5O)CC[C@@]4(C)[C@]3(C)CC[C@H]2C1(C)C. The van der Waals surface area contributed by atoms with Gasteiger partial charge >= 0.3 is 17.6 Å². The quantitative estimate of drug-likeness (QED) is 0.0258. The van der Waals surface area contributed by atoms with Gasteiger partial charge in [-0.25, -0.2) is 4.79 Å². The standard InChI is InChI=1S/C51H78N6O16/c1-28(2)23-32(52-31-24-35(73-53-57(69)54(10)21-22-58)34(56(67)68)25-33(31)55(65)66)43(63)71-39-14-15-48(7)37(47(39,5)6)13-16-50(9)38(48)12-11-29-30-26-46(3,4)17-19-51(30,20-18-49(29,50)8)45(64)72-44-42(62)41(61)40(60)36(27-59)70-44/h11,24-25,28,30,32,36-42,44,52,58-62H,12-23,26-27H2,1-10H3/b57-53-/t30-,32-,36+,37-,38+,39-,40-,41-,42+,44-,48-,49+,50+,51-/m0/s1. The summed E-state index contributed by atoms with van der Waals surface area (Å²) in [6, 6.07) is 0.497. The molecule has 7 rings (SSSR count). The van der Waals surface area contributed by atoms with Crippen molar-refractivity contribution in [3.05, 3.63) is 49.2 Å². The molecule has 0 amide bonds. The van der Waals surface area contributed by atoms with Crippen LogP contribution in [-0.2, 0) is 23.8 Å². The van der Waals surface area contributed by atoms with Gasteiger partial charge in [-0.1, -0.05) is 74.0 Å². The third kappa shape index (κ3) is 9.88. The molecule has 5 fully saturated rings. The van der Waals surface area contributed by atoms with Gasteiger partial charge in [0.1, 0.15) is 48.3 Å². The molecule has 1 aromatic rings. The zero-order valence-corrected chi connectivity index (χ0v) is 43.9. The molecule has 1 heterocycles. The molecule has 408 valence electrons. The molecule has 14 atom stereocenters. The van der Waals surface area contributed by atoms with E-state index in [1.165, 1.54) is 12.6 Å². The van der Waals surface area contributed by atoms with Crippen LogP contribution in [0.3, 0.4) is 0 Å². The molecule has 0 bridgehead atoms. The number of hydrazine groups is 1. The van der Waals surface area contributed by atoms with Crippen molar-refractivity contribution in [3.63, 3.8) is 0 Å². The largest absolute Gasteiger partial charge is 0.569 e. The van der Waals surface area contributed by atoms with Gasteiger partial charge in [-0.3, -0.25) is 29.9 Å². The van der Waals surface area contributed by atoms with Gasteiger partial charge in [0.25, 0.3) is 5.69 Å². The minimum absolute atomic E-state index is 0.0444. The Hall–Kier alpha value is -4.74. The number of carbonyl (C=O) groups is 2. The molecule has 1 aromatic carbocycles. The molecule has 0 spiro atoms. The van der Waals surface area contributed by atoms with E-state index in [1.807, 2.05) is 13.8 Å². The minimum Gasteiger partial charge on any atom is -0.569 e. The molecular weight excluding hydrogens is 953 g/mol. The first-order valence-electron chi connectivity index (χ1n) is 25.8. The van der Waals surface area contributed by atoms with Crippen molar-refractivity contribution in [2.45, 2.75) is 176 Å². The number of fused-ring (bicyclic) bond motifs is 7. The van der Waals surface area contributed by atoms with Gasteiger partial charge in [0, 0.05) is 11.5 Å². The Morgan fingerprint density at radius 2 is 1.55 bits per heavy atom. The van der Waals surface area contributed by atoms with E-state index in [4.69, 9.17) is 19.0 Å². The van der Waals surface area contributed by atoms with E-state index in [2.05, 4.69) is 65.1 Å². The van der Waals surface area contributed by atoms with E-state index in [9.17, 15) is 60.6 Å². The number of anilines is 1. The van der Waals surface area contributed by atoms with Gasteiger partial charge < -0.3 is 50.3 Å². The minimum atomic E-state index is -1.70. The number of nitro benzene ring substituents is 2. The molecule has 5 aliphatic carbocycles. The molecule has 73 heavy (non-hydrogen) atoms. The Kier molecular flexibility index (Phi) is 15.7. The second-order valence-electron chi connectivity index (χ2n) is 24.5. The van der Waals surface area contributed by atoms with E-state index >= 15 is 0 Å². The molecule has 6 N–H and O–H groups in total. The van der Waals surface area contributed by atoms with E-state index < -0.39 is 106 Å². The first-order chi connectivity index (χ1) is 34.0. The van der Waals surface area contributed by atoms with Crippen LogP contribution in [0.15, 0.2) is 29.1 Å². The summed E-state index contributed by atoms with van der Waals surface area (Å²) in [6.45, 7) is 18.5. The predicted molar refractivity (Wildman–Crippen MR) is 262 cm³/mol. The van der Waals surface area contributed by atoms with Crippen molar-refractivity contribution in [1.82, 2.24) is 5.01 Å². The highest BCUT2D eigenvalue weighted by Crippen LogP contribution is 2.76. The molecule has 4 saturated carbocycles. The Balaban J connectivity index is 1.13. The Bertz CT molecular complexity index is 2340. The lowest BCUT2D eigenvalue weighted by molar-refractivity contribution is -0.701. The number of benzene rings is 1. The normalized spacial score (nSPS) is 37.0. The predicted octanol–water partition coefficient (Wildman–Crippen LogP) is 6.48. The van der Waals surface area contributed by atoms with Crippen LogP contribution in [0.25, 0.3) is 0 Å². The fourth-order valence-electron chi connectivity index (χ4n) is 14.7. The van der Waals surface area contributed by atoms with Gasteiger partial charge in [0.15, 0.2) is 0 Å². The summed E-state index contributed by atoms with van der Waals surface area (Å²) < 4.78 is 18.2. The van der Waals surface area contributed by atoms with Gasteiger partial charge in [-0.15, -0.1) is 5.01 Å². The number of ether oxygens (including phenoxy) is 3. The van der Waals surface area contributed by atoms with E-state index in [-0.39, 0.29) is 69.0 Å². The lowest BCUT2D eigenvalue weighted by Crippen LogP contribution is -2.65.